The number of amides is 1. The van der Waals surface area contributed by atoms with Crippen LogP contribution in [0.2, 0.25) is 0 Å². The largest absolute Gasteiger partial charge is 0.482 e. The Morgan fingerprint density at radius 3 is 2.43 bits per heavy atom. The molecule has 1 aromatic heterocycles. The Bertz CT molecular complexity index is 700. The molecule has 0 radical (unpaired) electrons. The monoisotopic (exact) mass is 313 g/mol. The molecule has 120 valence electrons. The fourth-order valence-electron chi connectivity index (χ4n) is 2.34. The highest BCUT2D eigenvalue weighted by Crippen LogP contribution is 2.33. The number of pyridine rings is 1. The topological polar surface area (TPSA) is 63.7 Å². The average molecular weight is 313 g/mol. The Kier molecular flexibility index (Phi) is 4.06. The number of nitrogens with one attached hydrogen (secondary N) is 1. The van der Waals surface area contributed by atoms with Crippen molar-refractivity contribution in [1.82, 2.24) is 4.98 Å². The van der Waals surface area contributed by atoms with Crippen molar-refractivity contribution in [1.29, 1.82) is 0 Å². The van der Waals surface area contributed by atoms with Gasteiger partial charge in [-0.3, -0.25) is 4.79 Å². The van der Waals surface area contributed by atoms with E-state index in [-0.39, 0.29) is 12.0 Å². The second kappa shape index (κ2) is 6.16. The lowest BCUT2D eigenvalue weighted by molar-refractivity contribution is -0.128. The number of anilines is 2. The quantitative estimate of drug-likeness (QED) is 0.942. The zero-order chi connectivity index (χ0) is 16.4. The molecule has 1 aliphatic heterocycles. The normalized spacial score (nSPS) is 19.1. The van der Waals surface area contributed by atoms with Gasteiger partial charge < -0.3 is 19.7 Å². The fourth-order valence-corrected chi connectivity index (χ4v) is 2.34. The number of hydrogen-bond acceptors (Lipinski definition) is 5. The van der Waals surface area contributed by atoms with Crippen molar-refractivity contribution in [2.45, 2.75) is 19.1 Å². The Hall–Kier alpha value is -2.76. The number of para-hydroxylation sites is 2. The summed E-state index contributed by atoms with van der Waals surface area (Å²) in [6.45, 7) is 1.81. The van der Waals surface area contributed by atoms with Gasteiger partial charge in [-0.05, 0) is 31.2 Å². The van der Waals surface area contributed by atoms with Gasteiger partial charge in [0, 0.05) is 14.1 Å². The van der Waals surface area contributed by atoms with E-state index in [4.69, 9.17) is 9.47 Å². The van der Waals surface area contributed by atoms with Gasteiger partial charge in [-0.2, -0.15) is 0 Å². The zero-order valence-electron chi connectivity index (χ0n) is 13.3. The molecule has 1 aliphatic rings. The minimum absolute atomic E-state index is 0.258. The number of benzene rings is 1. The summed E-state index contributed by atoms with van der Waals surface area (Å²) in [4.78, 5) is 18.6. The van der Waals surface area contributed by atoms with Crippen LogP contribution in [-0.2, 0) is 4.79 Å². The summed E-state index contributed by atoms with van der Waals surface area (Å²) >= 11 is 0. The first kappa shape index (κ1) is 15.1. The van der Waals surface area contributed by atoms with Gasteiger partial charge in [0.2, 0.25) is 6.10 Å². The number of carbonyl (C=O) groups is 1. The number of ether oxygens (including phenoxy) is 2. The maximum atomic E-state index is 12.5. The van der Waals surface area contributed by atoms with Gasteiger partial charge in [-0.15, -0.1) is 0 Å². The lowest BCUT2D eigenvalue weighted by Gasteiger charge is -2.31. The summed E-state index contributed by atoms with van der Waals surface area (Å²) in [6, 6.07) is 11.0. The van der Waals surface area contributed by atoms with Crippen LogP contribution in [0.25, 0.3) is 0 Å². The van der Waals surface area contributed by atoms with Gasteiger partial charge in [0.15, 0.2) is 11.5 Å². The molecule has 1 N–H and O–H groups in total. The molecule has 1 aromatic carbocycles. The summed E-state index contributed by atoms with van der Waals surface area (Å²) in [5.74, 6) is 1.79. The zero-order valence-corrected chi connectivity index (χ0v) is 13.3. The third-order valence-corrected chi connectivity index (χ3v) is 3.57. The van der Waals surface area contributed by atoms with E-state index in [0.29, 0.717) is 17.2 Å². The minimum Gasteiger partial charge on any atom is -0.482 e. The van der Waals surface area contributed by atoms with Crippen LogP contribution in [0.3, 0.4) is 0 Å². The van der Waals surface area contributed by atoms with Crippen molar-refractivity contribution in [3.8, 4) is 11.5 Å². The van der Waals surface area contributed by atoms with E-state index >= 15 is 0 Å². The number of carbonyl (C=O) groups excluding carboxylic acids is 1. The molecule has 0 saturated carbocycles. The molecule has 2 heterocycles. The van der Waals surface area contributed by atoms with Crippen LogP contribution >= 0.6 is 0 Å². The van der Waals surface area contributed by atoms with E-state index in [2.05, 4.69) is 10.3 Å². The van der Waals surface area contributed by atoms with Gasteiger partial charge in [0.25, 0.3) is 5.91 Å². The van der Waals surface area contributed by atoms with E-state index < -0.39 is 6.10 Å². The standard InChI is InChI=1S/C17H19N3O3/c1-11-16(23-14-7-5-4-6-13(14)22-11)17(21)19-12-8-9-15(18-10-12)20(2)3/h4-11,16H,1-3H3,(H,19,21)/t11-,16-/m1/s1. The second-order valence-corrected chi connectivity index (χ2v) is 5.60. The Morgan fingerprint density at radius 1 is 1.13 bits per heavy atom. The van der Waals surface area contributed by atoms with E-state index in [1.165, 1.54) is 0 Å². The smallest absolute Gasteiger partial charge is 0.269 e. The first-order chi connectivity index (χ1) is 11.0. The third kappa shape index (κ3) is 3.21. The van der Waals surface area contributed by atoms with Crippen LogP contribution in [0.15, 0.2) is 42.6 Å². The van der Waals surface area contributed by atoms with Gasteiger partial charge >= 0.3 is 0 Å². The predicted molar refractivity (Wildman–Crippen MR) is 88.1 cm³/mol. The molecule has 2 aromatic rings. The van der Waals surface area contributed by atoms with Gasteiger partial charge in [0.1, 0.15) is 11.9 Å². The molecule has 0 spiro atoms. The molecule has 0 unspecified atom stereocenters. The lowest BCUT2D eigenvalue weighted by atomic mass is 10.1. The molecule has 1 amide bonds. The number of nitrogens with zero attached hydrogens (tertiary/aromatic N) is 2. The summed E-state index contributed by atoms with van der Waals surface area (Å²) in [6.07, 6.45) is 0.535. The first-order valence-corrected chi connectivity index (χ1v) is 7.41. The number of rotatable bonds is 3. The van der Waals surface area contributed by atoms with Crippen LogP contribution in [0.1, 0.15) is 6.92 Å². The molecule has 6 nitrogen and oxygen atoms in total. The average Bonchev–Trinajstić information content (AvgIpc) is 2.54. The Labute approximate surface area is 135 Å². The Morgan fingerprint density at radius 2 is 1.83 bits per heavy atom. The van der Waals surface area contributed by atoms with E-state index in [0.717, 1.165) is 5.82 Å². The number of fused-ring (bicyclic) bond motifs is 1. The molecular formula is C17H19N3O3. The SMILES string of the molecule is C[C@H]1Oc2ccccc2O[C@H]1C(=O)Nc1ccc(N(C)C)nc1. The van der Waals surface area contributed by atoms with Crippen molar-refractivity contribution >= 4 is 17.4 Å². The lowest BCUT2D eigenvalue weighted by Crippen LogP contribution is -2.46. The van der Waals surface area contributed by atoms with Crippen LogP contribution in [-0.4, -0.2) is 37.2 Å². The summed E-state index contributed by atoms with van der Waals surface area (Å²) in [5.41, 5.74) is 0.621. The fraction of sp³-hybridized carbons (Fsp3) is 0.294. The predicted octanol–water partition coefficient (Wildman–Crippen LogP) is 2.31. The van der Waals surface area contributed by atoms with Gasteiger partial charge in [-0.25, -0.2) is 4.98 Å². The van der Waals surface area contributed by atoms with E-state index in [9.17, 15) is 4.79 Å². The third-order valence-electron chi connectivity index (χ3n) is 3.57. The van der Waals surface area contributed by atoms with Crippen molar-refractivity contribution in [3.05, 3.63) is 42.6 Å². The maximum Gasteiger partial charge on any atom is 0.269 e. The van der Waals surface area contributed by atoms with Crippen LogP contribution < -0.4 is 19.7 Å². The highest BCUT2D eigenvalue weighted by molar-refractivity contribution is 5.95. The Balaban J connectivity index is 1.71. The molecule has 23 heavy (non-hydrogen) atoms. The van der Waals surface area contributed by atoms with Crippen LogP contribution in [0.5, 0.6) is 11.5 Å². The highest BCUT2D eigenvalue weighted by Gasteiger charge is 2.34. The molecule has 0 fully saturated rings. The molecule has 0 bridgehead atoms. The second-order valence-electron chi connectivity index (χ2n) is 5.60. The first-order valence-electron chi connectivity index (χ1n) is 7.41. The van der Waals surface area contributed by atoms with Crippen molar-refractivity contribution in [3.63, 3.8) is 0 Å². The minimum atomic E-state index is -0.710. The summed E-state index contributed by atoms with van der Waals surface area (Å²) < 4.78 is 11.5. The van der Waals surface area contributed by atoms with E-state index in [1.54, 1.807) is 12.3 Å². The van der Waals surface area contributed by atoms with Crippen molar-refractivity contribution in [2.75, 3.05) is 24.3 Å². The van der Waals surface area contributed by atoms with Crippen LogP contribution in [0, 0.1) is 0 Å². The molecule has 6 heteroatoms. The maximum absolute atomic E-state index is 12.5. The van der Waals surface area contributed by atoms with Gasteiger partial charge in [0.05, 0.1) is 11.9 Å². The number of hydrogen-bond donors (Lipinski definition) is 1. The van der Waals surface area contributed by atoms with Crippen molar-refractivity contribution in [2.24, 2.45) is 0 Å². The number of aromatic nitrogens is 1. The highest BCUT2D eigenvalue weighted by atomic mass is 16.6. The molecule has 2 atom stereocenters. The van der Waals surface area contributed by atoms with Crippen LogP contribution in [0.4, 0.5) is 11.5 Å². The summed E-state index contributed by atoms with van der Waals surface area (Å²) in [7, 11) is 3.82. The van der Waals surface area contributed by atoms with Gasteiger partial charge in [-0.1, -0.05) is 12.1 Å². The van der Waals surface area contributed by atoms with E-state index in [1.807, 2.05) is 56.3 Å². The molecule has 0 saturated heterocycles. The van der Waals surface area contributed by atoms with Crippen molar-refractivity contribution < 1.29 is 14.3 Å². The molecule has 3 rings (SSSR count). The summed E-state index contributed by atoms with van der Waals surface area (Å²) in [5, 5.41) is 2.81. The molecular weight excluding hydrogens is 294 g/mol. The molecule has 0 aliphatic carbocycles.